The predicted molar refractivity (Wildman–Crippen MR) is 168 cm³/mol. The van der Waals surface area contributed by atoms with Crippen LogP contribution in [0.15, 0.2) is 48.7 Å². The van der Waals surface area contributed by atoms with Crippen LogP contribution in [-0.4, -0.2) is 51.3 Å². The number of hydrogen-bond donors (Lipinski definition) is 1. The molecule has 0 aliphatic rings. The minimum atomic E-state index is -0.720. The standard InChI is InChI=1S/C31H39Cl2N5O4/c1-20-12-13-23(17-24(20)26-25(32)18-35-27(33)36-26)38(29(40)42-31(5,6)7)15-9-14-37(28(39)41-30(2,3)4)19-21-10-8-11-22(34)16-21/h8,10-13,16-18H,9,14-15,19,34H2,1-7H3. The van der Waals surface area contributed by atoms with Crippen molar-refractivity contribution in [1.29, 1.82) is 0 Å². The Bertz CT molecular complexity index is 1420. The van der Waals surface area contributed by atoms with E-state index in [-0.39, 0.29) is 11.8 Å². The highest BCUT2D eigenvalue weighted by Gasteiger charge is 2.26. The average Bonchev–Trinajstić information content (AvgIpc) is 2.86. The van der Waals surface area contributed by atoms with E-state index in [1.165, 1.54) is 6.20 Å². The van der Waals surface area contributed by atoms with Crippen molar-refractivity contribution in [3.05, 3.63) is 70.1 Å². The fraction of sp³-hybridized carbons (Fsp3) is 0.419. The molecule has 0 fully saturated rings. The van der Waals surface area contributed by atoms with Crippen molar-refractivity contribution in [1.82, 2.24) is 14.9 Å². The van der Waals surface area contributed by atoms with Crippen molar-refractivity contribution in [3.63, 3.8) is 0 Å². The van der Waals surface area contributed by atoms with Gasteiger partial charge in [0.15, 0.2) is 0 Å². The van der Waals surface area contributed by atoms with Gasteiger partial charge < -0.3 is 20.1 Å². The topological polar surface area (TPSA) is 111 Å². The zero-order valence-electron chi connectivity index (χ0n) is 25.2. The number of nitrogens with two attached hydrogens (primary N) is 1. The summed E-state index contributed by atoms with van der Waals surface area (Å²) in [6, 6.07) is 12.9. The van der Waals surface area contributed by atoms with Gasteiger partial charge in [-0.25, -0.2) is 19.6 Å². The van der Waals surface area contributed by atoms with E-state index >= 15 is 0 Å². The van der Waals surface area contributed by atoms with Crippen LogP contribution in [0.2, 0.25) is 10.3 Å². The Morgan fingerprint density at radius 2 is 1.60 bits per heavy atom. The summed E-state index contributed by atoms with van der Waals surface area (Å²) in [7, 11) is 0. The number of anilines is 2. The maximum atomic E-state index is 13.5. The number of ether oxygens (including phenoxy) is 2. The molecule has 42 heavy (non-hydrogen) atoms. The molecule has 3 rings (SSSR count). The Morgan fingerprint density at radius 1 is 0.929 bits per heavy atom. The third-order valence-electron chi connectivity index (χ3n) is 5.90. The first-order valence-corrected chi connectivity index (χ1v) is 14.4. The molecule has 0 saturated heterocycles. The van der Waals surface area contributed by atoms with Gasteiger partial charge >= 0.3 is 12.2 Å². The summed E-state index contributed by atoms with van der Waals surface area (Å²) in [6.07, 6.45) is 0.894. The highest BCUT2D eigenvalue weighted by atomic mass is 35.5. The number of benzene rings is 2. The molecule has 0 radical (unpaired) electrons. The Balaban J connectivity index is 1.91. The van der Waals surface area contributed by atoms with Crippen molar-refractivity contribution in [3.8, 4) is 11.3 Å². The van der Waals surface area contributed by atoms with Crippen LogP contribution < -0.4 is 10.6 Å². The summed E-state index contributed by atoms with van der Waals surface area (Å²) in [4.78, 5) is 38.0. The van der Waals surface area contributed by atoms with Gasteiger partial charge in [-0.15, -0.1) is 0 Å². The van der Waals surface area contributed by atoms with Gasteiger partial charge in [-0.2, -0.15) is 0 Å². The molecular formula is C31H39Cl2N5O4. The Labute approximate surface area is 257 Å². The second-order valence-electron chi connectivity index (χ2n) is 12.0. The summed E-state index contributed by atoms with van der Waals surface area (Å²) < 4.78 is 11.4. The third-order valence-corrected chi connectivity index (χ3v) is 6.36. The monoisotopic (exact) mass is 615 g/mol. The van der Waals surface area contributed by atoms with E-state index < -0.39 is 23.4 Å². The fourth-order valence-electron chi connectivity index (χ4n) is 4.10. The van der Waals surface area contributed by atoms with Crippen molar-refractivity contribution in [2.45, 2.75) is 72.6 Å². The SMILES string of the molecule is Cc1ccc(N(CCCN(Cc2cccc(N)c2)C(=O)OC(C)(C)C)C(=O)OC(C)(C)C)cc1-c1nc(Cl)ncc1Cl. The lowest BCUT2D eigenvalue weighted by atomic mass is 10.0. The molecule has 226 valence electrons. The summed E-state index contributed by atoms with van der Waals surface area (Å²) in [5.74, 6) is 0. The number of nitrogen functional groups attached to an aromatic ring is 1. The normalized spacial score (nSPS) is 11.6. The van der Waals surface area contributed by atoms with Crippen LogP contribution in [0.5, 0.6) is 0 Å². The number of amides is 2. The number of aromatic nitrogens is 2. The van der Waals surface area contributed by atoms with Crippen LogP contribution in [0.25, 0.3) is 11.3 Å². The lowest BCUT2D eigenvalue weighted by Crippen LogP contribution is -2.40. The summed E-state index contributed by atoms with van der Waals surface area (Å²) >= 11 is 12.5. The van der Waals surface area contributed by atoms with E-state index in [4.69, 9.17) is 38.4 Å². The van der Waals surface area contributed by atoms with E-state index in [0.717, 1.165) is 11.1 Å². The van der Waals surface area contributed by atoms with Crippen LogP contribution in [0.3, 0.4) is 0 Å². The average molecular weight is 617 g/mol. The van der Waals surface area contributed by atoms with Crippen LogP contribution in [0.4, 0.5) is 21.0 Å². The van der Waals surface area contributed by atoms with Crippen molar-refractivity contribution in [2.24, 2.45) is 0 Å². The molecule has 1 heterocycles. The Morgan fingerprint density at radius 3 is 2.24 bits per heavy atom. The molecule has 0 saturated carbocycles. The number of hydrogen-bond acceptors (Lipinski definition) is 7. The first-order valence-electron chi connectivity index (χ1n) is 13.6. The Hall–Kier alpha value is -3.56. The molecule has 2 aromatic carbocycles. The molecular weight excluding hydrogens is 577 g/mol. The van der Waals surface area contributed by atoms with E-state index in [0.29, 0.717) is 47.2 Å². The van der Waals surface area contributed by atoms with Crippen LogP contribution >= 0.6 is 23.2 Å². The minimum absolute atomic E-state index is 0.0607. The van der Waals surface area contributed by atoms with Crippen LogP contribution in [0.1, 0.15) is 59.1 Å². The van der Waals surface area contributed by atoms with Crippen molar-refractivity contribution >= 4 is 46.8 Å². The molecule has 9 nitrogen and oxygen atoms in total. The summed E-state index contributed by atoms with van der Waals surface area (Å²) in [5.41, 5.74) is 8.67. The first kappa shape index (κ1) is 32.9. The van der Waals surface area contributed by atoms with E-state index in [1.54, 1.807) is 15.9 Å². The lowest BCUT2D eigenvalue weighted by Gasteiger charge is -2.30. The van der Waals surface area contributed by atoms with E-state index in [2.05, 4.69) is 9.97 Å². The fourth-order valence-corrected chi connectivity index (χ4v) is 4.43. The first-order chi connectivity index (χ1) is 19.5. The maximum Gasteiger partial charge on any atom is 0.414 e. The number of rotatable bonds is 8. The zero-order valence-corrected chi connectivity index (χ0v) is 26.7. The van der Waals surface area contributed by atoms with Gasteiger partial charge in [-0.05, 0) is 102 Å². The molecule has 0 unspecified atom stereocenters. The van der Waals surface area contributed by atoms with Gasteiger partial charge in [0.1, 0.15) is 11.2 Å². The molecule has 11 heteroatoms. The minimum Gasteiger partial charge on any atom is -0.444 e. The van der Waals surface area contributed by atoms with Gasteiger partial charge in [0.25, 0.3) is 0 Å². The number of halogens is 2. The molecule has 0 bridgehead atoms. The number of carbonyl (C=O) groups is 2. The molecule has 1 aromatic heterocycles. The molecule has 0 spiro atoms. The van der Waals surface area contributed by atoms with E-state index in [9.17, 15) is 9.59 Å². The molecule has 0 aliphatic carbocycles. The molecule has 0 aliphatic heterocycles. The number of nitrogens with zero attached hydrogens (tertiary/aromatic N) is 4. The predicted octanol–water partition coefficient (Wildman–Crippen LogP) is 7.91. The highest BCUT2D eigenvalue weighted by Crippen LogP contribution is 2.33. The lowest BCUT2D eigenvalue weighted by molar-refractivity contribution is 0.0232. The Kier molecular flexibility index (Phi) is 10.7. The van der Waals surface area contributed by atoms with Crippen molar-refractivity contribution < 1.29 is 19.1 Å². The second-order valence-corrected chi connectivity index (χ2v) is 12.7. The van der Waals surface area contributed by atoms with Gasteiger partial charge in [0.05, 0.1) is 16.9 Å². The molecule has 0 atom stereocenters. The largest absolute Gasteiger partial charge is 0.444 e. The zero-order chi connectivity index (χ0) is 31.2. The van der Waals surface area contributed by atoms with Crippen molar-refractivity contribution in [2.75, 3.05) is 23.7 Å². The second kappa shape index (κ2) is 13.6. The number of aryl methyl sites for hydroxylation is 1. The van der Waals surface area contributed by atoms with Gasteiger partial charge in [0, 0.05) is 36.6 Å². The van der Waals surface area contributed by atoms with E-state index in [1.807, 2.05) is 84.9 Å². The molecule has 2 N–H and O–H groups in total. The van der Waals surface area contributed by atoms with Crippen LogP contribution in [-0.2, 0) is 16.0 Å². The van der Waals surface area contributed by atoms with Crippen LogP contribution in [0, 0.1) is 6.92 Å². The smallest absolute Gasteiger partial charge is 0.414 e. The maximum absolute atomic E-state index is 13.5. The van der Waals surface area contributed by atoms with Gasteiger partial charge in [0.2, 0.25) is 5.28 Å². The molecule has 2 amide bonds. The summed E-state index contributed by atoms with van der Waals surface area (Å²) in [6.45, 7) is 13.7. The summed E-state index contributed by atoms with van der Waals surface area (Å²) in [5, 5.41) is 0.392. The highest BCUT2D eigenvalue weighted by molar-refractivity contribution is 6.33. The quantitative estimate of drug-likeness (QED) is 0.202. The van der Waals surface area contributed by atoms with Gasteiger partial charge in [-0.3, -0.25) is 4.90 Å². The number of carbonyl (C=O) groups excluding carboxylic acids is 2. The van der Waals surface area contributed by atoms with Gasteiger partial charge in [-0.1, -0.05) is 29.8 Å². The third kappa shape index (κ3) is 9.77. The molecule has 3 aromatic rings.